The van der Waals surface area contributed by atoms with E-state index in [9.17, 15) is 0 Å². The summed E-state index contributed by atoms with van der Waals surface area (Å²) < 4.78 is 1.97. The van der Waals surface area contributed by atoms with Crippen LogP contribution in [0.25, 0.3) is 22.4 Å². The molecular weight excluding hydrogens is 308 g/mol. The fourth-order valence-corrected chi connectivity index (χ4v) is 3.43. The number of piperidine rings is 1. The van der Waals surface area contributed by atoms with Crippen molar-refractivity contribution in [2.75, 3.05) is 19.6 Å². The highest BCUT2D eigenvalue weighted by Crippen LogP contribution is 2.23. The number of aromatic nitrogens is 3. The van der Waals surface area contributed by atoms with Crippen LogP contribution in [-0.4, -0.2) is 39.5 Å². The van der Waals surface area contributed by atoms with Gasteiger partial charge in [-0.3, -0.25) is 4.68 Å². The zero-order valence-electron chi connectivity index (χ0n) is 14.5. The Morgan fingerprint density at radius 1 is 0.720 bits per heavy atom. The van der Waals surface area contributed by atoms with Gasteiger partial charge in [0.25, 0.3) is 0 Å². The molecule has 1 fully saturated rings. The summed E-state index contributed by atoms with van der Waals surface area (Å²) in [5.74, 6) is 0. The molecule has 0 N–H and O–H groups in total. The maximum atomic E-state index is 4.35. The van der Waals surface area contributed by atoms with E-state index in [0.717, 1.165) is 24.3 Å². The van der Waals surface area contributed by atoms with Crippen LogP contribution in [0, 0.1) is 0 Å². The molecule has 0 unspecified atom stereocenters. The summed E-state index contributed by atoms with van der Waals surface area (Å²) >= 11 is 0. The van der Waals surface area contributed by atoms with E-state index in [4.69, 9.17) is 0 Å². The molecule has 4 heteroatoms. The lowest BCUT2D eigenvalue weighted by atomic mass is 10.0. The number of rotatable bonds is 5. The molecule has 1 saturated heterocycles. The molecule has 2 heterocycles. The standard InChI is InChI=1S/C21H24N4/c1-3-7-18(8-4-1)19-9-11-20(12-10-19)21-17-25(23-22-21)16-15-24-13-5-2-6-14-24/h1,3-4,7-12,17H,2,5-6,13-16H2. The van der Waals surface area contributed by atoms with Gasteiger partial charge in [-0.25, -0.2) is 0 Å². The minimum atomic E-state index is 0.912. The maximum absolute atomic E-state index is 4.35. The van der Waals surface area contributed by atoms with Crippen LogP contribution in [0.15, 0.2) is 60.8 Å². The molecule has 0 aliphatic carbocycles. The van der Waals surface area contributed by atoms with Gasteiger partial charge in [-0.05, 0) is 37.1 Å². The second kappa shape index (κ2) is 7.62. The fraction of sp³-hybridized carbons (Fsp3) is 0.333. The Balaban J connectivity index is 1.41. The lowest BCUT2D eigenvalue weighted by Crippen LogP contribution is -2.32. The SMILES string of the molecule is c1ccc(-c2ccc(-c3cn(CCN4CCCCC4)nn3)cc2)cc1. The van der Waals surface area contributed by atoms with Crippen LogP contribution in [0.3, 0.4) is 0 Å². The topological polar surface area (TPSA) is 34.0 Å². The number of nitrogens with zero attached hydrogens (tertiary/aromatic N) is 4. The van der Waals surface area contributed by atoms with Crippen molar-refractivity contribution in [2.45, 2.75) is 25.8 Å². The van der Waals surface area contributed by atoms with Crippen LogP contribution in [0.2, 0.25) is 0 Å². The number of hydrogen-bond acceptors (Lipinski definition) is 3. The molecule has 3 aromatic rings. The van der Waals surface area contributed by atoms with Gasteiger partial charge in [-0.15, -0.1) is 5.10 Å². The van der Waals surface area contributed by atoms with Gasteiger partial charge in [0.2, 0.25) is 0 Å². The quantitative estimate of drug-likeness (QED) is 0.705. The van der Waals surface area contributed by atoms with Crippen molar-refractivity contribution in [2.24, 2.45) is 0 Å². The molecule has 0 atom stereocenters. The molecule has 0 amide bonds. The van der Waals surface area contributed by atoms with Crippen LogP contribution in [-0.2, 0) is 6.54 Å². The van der Waals surface area contributed by atoms with E-state index in [1.165, 1.54) is 43.5 Å². The summed E-state index contributed by atoms with van der Waals surface area (Å²) in [6.07, 6.45) is 6.09. The van der Waals surface area contributed by atoms with Gasteiger partial charge in [0.05, 0.1) is 12.7 Å². The highest BCUT2D eigenvalue weighted by atomic mass is 15.4. The average molecular weight is 332 g/mol. The normalized spacial score (nSPS) is 15.4. The summed E-state index contributed by atoms with van der Waals surface area (Å²) in [6, 6.07) is 19.0. The Morgan fingerprint density at radius 3 is 2.16 bits per heavy atom. The van der Waals surface area contributed by atoms with Gasteiger partial charge in [-0.1, -0.05) is 66.2 Å². The zero-order valence-corrected chi connectivity index (χ0v) is 14.5. The van der Waals surface area contributed by atoms with E-state index in [2.05, 4.69) is 69.9 Å². The van der Waals surface area contributed by atoms with Crippen molar-refractivity contribution in [1.82, 2.24) is 19.9 Å². The molecule has 0 bridgehead atoms. The molecule has 1 aliphatic rings. The molecule has 0 radical (unpaired) electrons. The fourth-order valence-electron chi connectivity index (χ4n) is 3.43. The highest BCUT2D eigenvalue weighted by molar-refractivity contribution is 5.68. The molecule has 4 rings (SSSR count). The highest BCUT2D eigenvalue weighted by Gasteiger charge is 2.10. The molecule has 1 aromatic heterocycles. The number of likely N-dealkylation sites (tertiary alicyclic amines) is 1. The zero-order chi connectivity index (χ0) is 16.9. The summed E-state index contributed by atoms with van der Waals surface area (Å²) in [4.78, 5) is 2.53. The molecule has 0 spiro atoms. The van der Waals surface area contributed by atoms with Crippen molar-refractivity contribution in [3.8, 4) is 22.4 Å². The predicted octanol–water partition coefficient (Wildman–Crippen LogP) is 4.10. The summed E-state index contributed by atoms with van der Waals surface area (Å²) in [5.41, 5.74) is 4.52. The Bertz CT molecular complexity index is 786. The summed E-state index contributed by atoms with van der Waals surface area (Å²) in [5, 5.41) is 8.64. The Morgan fingerprint density at radius 2 is 1.40 bits per heavy atom. The van der Waals surface area contributed by atoms with Crippen LogP contribution < -0.4 is 0 Å². The first-order valence-electron chi connectivity index (χ1n) is 9.17. The van der Waals surface area contributed by atoms with Gasteiger partial charge in [0.1, 0.15) is 5.69 Å². The molecular formula is C21H24N4. The summed E-state index contributed by atoms with van der Waals surface area (Å²) in [6.45, 7) is 4.43. The smallest absolute Gasteiger partial charge is 0.113 e. The molecule has 0 saturated carbocycles. The third-order valence-corrected chi connectivity index (χ3v) is 4.92. The van der Waals surface area contributed by atoms with Gasteiger partial charge >= 0.3 is 0 Å². The van der Waals surface area contributed by atoms with Crippen LogP contribution >= 0.6 is 0 Å². The molecule has 25 heavy (non-hydrogen) atoms. The molecule has 128 valence electrons. The predicted molar refractivity (Wildman–Crippen MR) is 101 cm³/mol. The van der Waals surface area contributed by atoms with Gasteiger partial charge in [0, 0.05) is 12.1 Å². The maximum Gasteiger partial charge on any atom is 0.113 e. The van der Waals surface area contributed by atoms with E-state index >= 15 is 0 Å². The van der Waals surface area contributed by atoms with Crippen molar-refractivity contribution >= 4 is 0 Å². The van der Waals surface area contributed by atoms with Gasteiger partial charge in [-0.2, -0.15) is 0 Å². The minimum absolute atomic E-state index is 0.912. The van der Waals surface area contributed by atoms with E-state index in [0.29, 0.717) is 0 Å². The average Bonchev–Trinajstić information content (AvgIpc) is 3.17. The van der Waals surface area contributed by atoms with Crippen LogP contribution in [0.4, 0.5) is 0 Å². The van der Waals surface area contributed by atoms with Crippen molar-refractivity contribution in [3.63, 3.8) is 0 Å². The minimum Gasteiger partial charge on any atom is -0.301 e. The Hall–Kier alpha value is -2.46. The van der Waals surface area contributed by atoms with E-state index in [1.807, 2.05) is 10.7 Å². The first-order chi connectivity index (χ1) is 12.4. The lowest BCUT2D eigenvalue weighted by Gasteiger charge is -2.25. The Kier molecular flexibility index (Phi) is 4.89. The Labute approximate surface area is 149 Å². The third kappa shape index (κ3) is 3.97. The molecule has 4 nitrogen and oxygen atoms in total. The third-order valence-electron chi connectivity index (χ3n) is 4.92. The lowest BCUT2D eigenvalue weighted by molar-refractivity contribution is 0.217. The monoisotopic (exact) mass is 332 g/mol. The van der Waals surface area contributed by atoms with Crippen LogP contribution in [0.5, 0.6) is 0 Å². The number of hydrogen-bond donors (Lipinski definition) is 0. The van der Waals surface area contributed by atoms with Crippen LogP contribution in [0.1, 0.15) is 19.3 Å². The van der Waals surface area contributed by atoms with Gasteiger partial charge < -0.3 is 4.90 Å². The molecule has 1 aliphatic heterocycles. The second-order valence-corrected chi connectivity index (χ2v) is 6.71. The largest absolute Gasteiger partial charge is 0.301 e. The van der Waals surface area contributed by atoms with E-state index in [-0.39, 0.29) is 0 Å². The number of benzene rings is 2. The van der Waals surface area contributed by atoms with Gasteiger partial charge in [0.15, 0.2) is 0 Å². The second-order valence-electron chi connectivity index (χ2n) is 6.71. The van der Waals surface area contributed by atoms with Crippen molar-refractivity contribution in [1.29, 1.82) is 0 Å². The first-order valence-corrected chi connectivity index (χ1v) is 9.17. The first kappa shape index (κ1) is 16.0. The summed E-state index contributed by atoms with van der Waals surface area (Å²) in [7, 11) is 0. The van der Waals surface area contributed by atoms with Crippen molar-refractivity contribution in [3.05, 3.63) is 60.8 Å². The van der Waals surface area contributed by atoms with E-state index in [1.54, 1.807) is 0 Å². The van der Waals surface area contributed by atoms with E-state index < -0.39 is 0 Å². The van der Waals surface area contributed by atoms with Crippen molar-refractivity contribution < 1.29 is 0 Å². The molecule has 2 aromatic carbocycles.